The van der Waals surface area contributed by atoms with Gasteiger partial charge >= 0.3 is 0 Å². The third kappa shape index (κ3) is 5.78. The van der Waals surface area contributed by atoms with Gasteiger partial charge in [-0.3, -0.25) is 4.90 Å². The fraction of sp³-hybridized carbons (Fsp3) is 0.0930. The summed E-state index contributed by atoms with van der Waals surface area (Å²) < 4.78 is 6.34. The Bertz CT molecular complexity index is 2420. The molecule has 8 aromatic rings. The van der Waals surface area contributed by atoms with Crippen LogP contribution in [0.15, 0.2) is 150 Å². The lowest BCUT2D eigenvalue weighted by Crippen LogP contribution is -2.13. The topological polar surface area (TPSA) is 75.3 Å². The number of rotatable bonds is 8. The summed E-state index contributed by atoms with van der Waals surface area (Å²) in [6.45, 7) is 4.45. The van der Waals surface area contributed by atoms with Crippen LogP contribution in [0.2, 0.25) is 0 Å². The predicted molar refractivity (Wildman–Crippen MR) is 198 cm³/mol. The molecule has 6 nitrogen and oxygen atoms in total. The van der Waals surface area contributed by atoms with Gasteiger partial charge in [-0.15, -0.1) is 0 Å². The highest BCUT2D eigenvalue weighted by atomic mass is 16.3. The number of fused-ring (bicyclic) bond motifs is 3. The minimum atomic E-state index is 0.127. The maximum Gasteiger partial charge on any atom is 0.180 e. The summed E-state index contributed by atoms with van der Waals surface area (Å²) >= 11 is 0. The molecule has 0 aliphatic heterocycles. The summed E-state index contributed by atoms with van der Waals surface area (Å²) in [7, 11) is 0. The Balaban J connectivity index is 1.40. The number of aromatic nitrogens is 3. The van der Waals surface area contributed by atoms with Crippen LogP contribution < -0.4 is 4.90 Å². The van der Waals surface area contributed by atoms with Gasteiger partial charge in [0, 0.05) is 34.0 Å². The smallest absolute Gasteiger partial charge is 0.180 e. The number of anilines is 3. The highest BCUT2D eigenvalue weighted by molar-refractivity contribution is 6.07. The normalized spacial score (nSPS) is 11.4. The van der Waals surface area contributed by atoms with Gasteiger partial charge in [-0.2, -0.15) is 0 Å². The average molecular weight is 639 g/mol. The van der Waals surface area contributed by atoms with E-state index in [1.807, 2.05) is 66.9 Å². The lowest BCUT2D eigenvalue weighted by molar-refractivity contribution is 0.477. The van der Waals surface area contributed by atoms with Crippen molar-refractivity contribution < 1.29 is 9.52 Å². The molecule has 1 N–H and O–H groups in total. The van der Waals surface area contributed by atoms with Crippen LogP contribution >= 0.6 is 0 Å². The minimum absolute atomic E-state index is 0.127. The molecule has 0 fully saturated rings. The second kappa shape index (κ2) is 12.7. The lowest BCUT2D eigenvalue weighted by atomic mass is 9.98. The molecule has 0 atom stereocenters. The van der Waals surface area contributed by atoms with Crippen LogP contribution in [-0.4, -0.2) is 20.1 Å². The van der Waals surface area contributed by atoms with E-state index >= 15 is 0 Å². The van der Waals surface area contributed by atoms with Crippen LogP contribution in [0.3, 0.4) is 0 Å². The number of para-hydroxylation sites is 3. The maximum atomic E-state index is 11.0. The molecule has 0 aliphatic rings. The van der Waals surface area contributed by atoms with E-state index in [0.29, 0.717) is 39.7 Å². The number of aromatic hydroxyl groups is 1. The molecule has 5 aromatic carbocycles. The molecule has 3 aromatic heterocycles. The number of hydrogen-bond acceptors (Lipinski definition) is 6. The summed E-state index contributed by atoms with van der Waals surface area (Å²) in [4.78, 5) is 17.3. The van der Waals surface area contributed by atoms with Gasteiger partial charge in [-0.1, -0.05) is 92.7 Å². The van der Waals surface area contributed by atoms with Crippen LogP contribution in [0, 0.1) is 5.92 Å². The molecule has 0 amide bonds. The predicted octanol–water partition coefficient (Wildman–Crippen LogP) is 11.1. The first-order valence-corrected chi connectivity index (χ1v) is 16.5. The monoisotopic (exact) mass is 638 g/mol. The van der Waals surface area contributed by atoms with Crippen molar-refractivity contribution in [2.24, 2.45) is 5.92 Å². The molecular weight excluding hydrogens is 604 g/mol. The average Bonchev–Trinajstić information content (AvgIpc) is 3.51. The molecule has 0 saturated carbocycles. The van der Waals surface area contributed by atoms with E-state index in [9.17, 15) is 5.11 Å². The Labute approximate surface area is 285 Å². The Morgan fingerprint density at radius 2 is 1.43 bits per heavy atom. The summed E-state index contributed by atoms with van der Waals surface area (Å²) in [5.74, 6) is 1.88. The fourth-order valence-corrected chi connectivity index (χ4v) is 6.51. The summed E-state index contributed by atoms with van der Waals surface area (Å²) in [6, 6.07) is 46.5. The molecule has 49 heavy (non-hydrogen) atoms. The number of hydrogen-bond donors (Lipinski definition) is 1. The standard InChI is InChI=1S/C43H34N4O2/c1-28(2)24-29-25-31(43-45-40(34-17-7-10-20-37(34)48)42-41(46-43)35-18-8-11-21-38(35)49-42)27-32(26-29)47(39-22-12-13-23-44-39)36-19-9-6-16-33(36)30-14-4-3-5-15-30/h3-23,25-28,48H,24H2,1-2H3. The number of benzene rings is 5. The van der Waals surface area contributed by atoms with Crippen molar-refractivity contribution in [2.75, 3.05) is 4.90 Å². The van der Waals surface area contributed by atoms with Crippen molar-refractivity contribution >= 4 is 39.3 Å². The number of phenolic OH excluding ortho intramolecular Hbond substituents is 1. The number of nitrogens with zero attached hydrogens (tertiary/aromatic N) is 4. The van der Waals surface area contributed by atoms with Crippen molar-refractivity contribution in [1.82, 2.24) is 15.0 Å². The van der Waals surface area contributed by atoms with E-state index in [2.05, 4.69) is 85.5 Å². The highest BCUT2D eigenvalue weighted by Gasteiger charge is 2.23. The van der Waals surface area contributed by atoms with Crippen molar-refractivity contribution in [1.29, 1.82) is 0 Å². The van der Waals surface area contributed by atoms with E-state index < -0.39 is 0 Å². The zero-order valence-corrected chi connectivity index (χ0v) is 27.3. The molecule has 0 saturated heterocycles. The Morgan fingerprint density at radius 3 is 2.22 bits per heavy atom. The quantitative estimate of drug-likeness (QED) is 0.178. The van der Waals surface area contributed by atoms with E-state index in [4.69, 9.17) is 19.4 Å². The molecule has 0 aliphatic carbocycles. The minimum Gasteiger partial charge on any atom is -0.507 e. The zero-order chi connectivity index (χ0) is 33.3. The summed E-state index contributed by atoms with van der Waals surface area (Å²) in [5, 5.41) is 11.9. The number of furan rings is 1. The first-order chi connectivity index (χ1) is 24.0. The highest BCUT2D eigenvalue weighted by Crippen LogP contribution is 2.43. The molecule has 3 heterocycles. The van der Waals surface area contributed by atoms with Crippen LogP contribution in [0.1, 0.15) is 19.4 Å². The van der Waals surface area contributed by atoms with Gasteiger partial charge in [0.2, 0.25) is 0 Å². The summed E-state index contributed by atoms with van der Waals surface area (Å²) in [5.41, 5.74) is 9.25. The first kappa shape index (κ1) is 30.1. The fourth-order valence-electron chi connectivity index (χ4n) is 6.51. The van der Waals surface area contributed by atoms with Crippen LogP contribution in [0.4, 0.5) is 17.2 Å². The van der Waals surface area contributed by atoms with Gasteiger partial charge in [-0.05, 0) is 84.1 Å². The Morgan fingerprint density at radius 1 is 0.694 bits per heavy atom. The molecule has 0 unspecified atom stereocenters. The van der Waals surface area contributed by atoms with Crippen molar-refractivity contribution in [3.63, 3.8) is 0 Å². The maximum absolute atomic E-state index is 11.0. The molecule has 8 rings (SSSR count). The van der Waals surface area contributed by atoms with Gasteiger partial charge < -0.3 is 9.52 Å². The molecule has 0 spiro atoms. The van der Waals surface area contributed by atoms with Crippen molar-refractivity contribution in [3.05, 3.63) is 151 Å². The Kier molecular flexibility index (Phi) is 7.82. The van der Waals surface area contributed by atoms with Crippen molar-refractivity contribution in [2.45, 2.75) is 20.3 Å². The van der Waals surface area contributed by atoms with E-state index in [1.165, 1.54) is 0 Å². The number of pyridine rings is 1. The van der Waals surface area contributed by atoms with Crippen molar-refractivity contribution in [3.8, 4) is 39.5 Å². The van der Waals surface area contributed by atoms with Crippen LogP contribution in [-0.2, 0) is 6.42 Å². The first-order valence-electron chi connectivity index (χ1n) is 16.5. The molecule has 238 valence electrons. The van der Waals surface area contributed by atoms with Gasteiger partial charge in [-0.25, -0.2) is 15.0 Å². The Hall–Kier alpha value is -6.27. The third-order valence-electron chi connectivity index (χ3n) is 8.62. The zero-order valence-electron chi connectivity index (χ0n) is 27.3. The largest absolute Gasteiger partial charge is 0.507 e. The second-order valence-electron chi connectivity index (χ2n) is 12.6. The SMILES string of the molecule is CC(C)Cc1cc(-c2nc(-c3ccccc3O)c3oc4ccccc4c3n2)cc(N(c2ccccn2)c2ccccc2-c2ccccc2)c1. The van der Waals surface area contributed by atoms with Gasteiger partial charge in [0.15, 0.2) is 11.4 Å². The van der Waals surface area contributed by atoms with Gasteiger partial charge in [0.1, 0.15) is 28.4 Å². The van der Waals surface area contributed by atoms with Gasteiger partial charge in [0.25, 0.3) is 0 Å². The second-order valence-corrected chi connectivity index (χ2v) is 12.6. The lowest BCUT2D eigenvalue weighted by Gasteiger charge is -2.28. The number of phenols is 1. The van der Waals surface area contributed by atoms with E-state index in [1.54, 1.807) is 12.1 Å². The summed E-state index contributed by atoms with van der Waals surface area (Å²) in [6.07, 6.45) is 2.69. The van der Waals surface area contributed by atoms with Crippen LogP contribution in [0.5, 0.6) is 5.75 Å². The van der Waals surface area contributed by atoms with E-state index in [-0.39, 0.29) is 5.75 Å². The third-order valence-corrected chi connectivity index (χ3v) is 8.62. The van der Waals surface area contributed by atoms with Gasteiger partial charge in [0.05, 0.1) is 5.69 Å². The van der Waals surface area contributed by atoms with Crippen LogP contribution in [0.25, 0.3) is 55.8 Å². The molecular formula is C43H34N4O2. The van der Waals surface area contributed by atoms with E-state index in [0.717, 1.165) is 51.3 Å². The molecule has 0 bridgehead atoms. The molecule has 0 radical (unpaired) electrons. The molecule has 6 heteroatoms.